The first-order valence-corrected chi connectivity index (χ1v) is 4.03. The summed E-state index contributed by atoms with van der Waals surface area (Å²) in [5.41, 5.74) is 0.568. The van der Waals surface area contributed by atoms with Crippen LogP contribution in [0.1, 0.15) is 5.56 Å². The smallest absolute Gasteiger partial charge is 0.395 e. The summed E-state index contributed by atoms with van der Waals surface area (Å²) in [6.07, 6.45) is -2.26. The lowest BCUT2D eigenvalue weighted by molar-refractivity contribution is -0.286. The highest BCUT2D eigenvalue weighted by Gasteiger charge is 2.43. The van der Waals surface area contributed by atoms with Crippen LogP contribution in [0.25, 0.3) is 0 Å². The lowest BCUT2D eigenvalue weighted by Gasteiger charge is -2.04. The van der Waals surface area contributed by atoms with Crippen molar-refractivity contribution in [3.8, 4) is 11.5 Å². The van der Waals surface area contributed by atoms with Gasteiger partial charge in [0.15, 0.2) is 11.5 Å². The molecule has 0 saturated heterocycles. The molecule has 0 N–H and O–H groups in total. The van der Waals surface area contributed by atoms with Crippen LogP contribution < -0.4 is 9.47 Å². The molecule has 1 heterocycles. The molecule has 78 valence electrons. The average Bonchev–Trinajstić information content (AvgIpc) is 2.47. The molecule has 0 radical (unpaired) electrons. The third-order valence-corrected chi connectivity index (χ3v) is 1.79. The third kappa shape index (κ3) is 1.94. The van der Waals surface area contributed by atoms with Crippen LogP contribution in [0, 0.1) is 0 Å². The predicted octanol–water partition coefficient (Wildman–Crippen LogP) is 1.84. The number of hydrogen-bond acceptors (Lipinski definition) is 4. The number of nitrogens with zero attached hydrogens (tertiary/aromatic N) is 1. The molecule has 0 aromatic heterocycles. The molecule has 1 aliphatic heterocycles. The van der Waals surface area contributed by atoms with Gasteiger partial charge in [-0.2, -0.15) is 0 Å². The number of fused-ring (bicyclic) bond motifs is 1. The van der Waals surface area contributed by atoms with Gasteiger partial charge in [-0.15, -0.1) is 8.78 Å². The molecule has 0 unspecified atom stereocenters. The van der Waals surface area contributed by atoms with Crippen molar-refractivity contribution < 1.29 is 23.0 Å². The van der Waals surface area contributed by atoms with Gasteiger partial charge in [0.05, 0.1) is 6.54 Å². The molecule has 0 bridgehead atoms. The second-order valence-corrected chi connectivity index (χ2v) is 2.86. The summed E-state index contributed by atoms with van der Waals surface area (Å²) in [4.78, 5) is 13.2. The number of halogens is 2. The van der Waals surface area contributed by atoms with Crippen LogP contribution in [-0.2, 0) is 11.3 Å². The van der Waals surface area contributed by atoms with E-state index < -0.39 is 6.29 Å². The van der Waals surface area contributed by atoms with Gasteiger partial charge in [0.25, 0.3) is 0 Å². The van der Waals surface area contributed by atoms with E-state index in [1.807, 2.05) is 0 Å². The number of isocyanates is 1. The SMILES string of the molecule is O=C=NCc1ccc2c(c1)OC(F)(F)O2. The fraction of sp³-hybridized carbons (Fsp3) is 0.222. The van der Waals surface area contributed by atoms with E-state index in [0.29, 0.717) is 5.56 Å². The Hall–Kier alpha value is -1.94. The van der Waals surface area contributed by atoms with Crippen molar-refractivity contribution in [2.75, 3.05) is 0 Å². The van der Waals surface area contributed by atoms with Gasteiger partial charge in [0, 0.05) is 0 Å². The molecule has 0 amide bonds. The zero-order valence-electron chi connectivity index (χ0n) is 7.37. The Morgan fingerprint density at radius 2 is 2.07 bits per heavy atom. The van der Waals surface area contributed by atoms with Crippen molar-refractivity contribution in [1.82, 2.24) is 0 Å². The first-order valence-electron chi connectivity index (χ1n) is 4.03. The Labute approximate surface area is 83.1 Å². The Kier molecular flexibility index (Phi) is 2.13. The standard InChI is InChI=1S/C9H5F2NO3/c10-9(11)14-7-2-1-6(4-12-5-13)3-8(7)15-9/h1-3H,4H2. The highest BCUT2D eigenvalue weighted by molar-refractivity contribution is 5.45. The maximum absolute atomic E-state index is 12.6. The largest absolute Gasteiger partial charge is 0.586 e. The normalized spacial score (nSPS) is 15.9. The molecule has 1 aromatic carbocycles. The summed E-state index contributed by atoms with van der Waals surface area (Å²) in [5.74, 6) is -0.0857. The van der Waals surface area contributed by atoms with Crippen LogP contribution in [0.3, 0.4) is 0 Å². The highest BCUT2D eigenvalue weighted by Crippen LogP contribution is 2.41. The van der Waals surface area contributed by atoms with Crippen LogP contribution >= 0.6 is 0 Å². The topological polar surface area (TPSA) is 47.9 Å². The van der Waals surface area contributed by atoms with E-state index in [1.165, 1.54) is 24.3 Å². The van der Waals surface area contributed by atoms with Crippen molar-refractivity contribution >= 4 is 6.08 Å². The van der Waals surface area contributed by atoms with Crippen LogP contribution in [0.15, 0.2) is 23.2 Å². The molecule has 0 saturated carbocycles. The van der Waals surface area contributed by atoms with E-state index in [-0.39, 0.29) is 18.0 Å². The zero-order chi connectivity index (χ0) is 10.9. The molecule has 2 rings (SSSR count). The number of carbonyl (C=O) groups excluding carboxylic acids is 1. The maximum Gasteiger partial charge on any atom is 0.586 e. The molecule has 0 fully saturated rings. The summed E-state index contributed by atoms with van der Waals surface area (Å²) < 4.78 is 33.6. The van der Waals surface area contributed by atoms with E-state index in [4.69, 9.17) is 0 Å². The fourth-order valence-electron chi connectivity index (χ4n) is 1.22. The second-order valence-electron chi connectivity index (χ2n) is 2.86. The summed E-state index contributed by atoms with van der Waals surface area (Å²) in [6, 6.07) is 4.20. The van der Waals surface area contributed by atoms with Gasteiger partial charge in [0.2, 0.25) is 6.08 Å². The Morgan fingerprint density at radius 1 is 1.33 bits per heavy atom. The summed E-state index contributed by atoms with van der Waals surface area (Å²) >= 11 is 0. The monoisotopic (exact) mass is 213 g/mol. The van der Waals surface area contributed by atoms with Gasteiger partial charge in [-0.05, 0) is 17.7 Å². The third-order valence-electron chi connectivity index (χ3n) is 1.79. The Morgan fingerprint density at radius 3 is 2.80 bits per heavy atom. The molecular formula is C9H5F2NO3. The van der Waals surface area contributed by atoms with E-state index in [0.717, 1.165) is 0 Å². The minimum absolute atomic E-state index is 0.0289. The number of rotatable bonds is 2. The van der Waals surface area contributed by atoms with E-state index in [9.17, 15) is 13.6 Å². The van der Waals surface area contributed by atoms with E-state index >= 15 is 0 Å². The quantitative estimate of drug-likeness (QED) is 0.556. The second kappa shape index (κ2) is 3.33. The predicted molar refractivity (Wildman–Crippen MR) is 44.5 cm³/mol. The minimum Gasteiger partial charge on any atom is -0.395 e. The van der Waals surface area contributed by atoms with Gasteiger partial charge in [0.1, 0.15) is 0 Å². The lowest BCUT2D eigenvalue weighted by Crippen LogP contribution is -2.25. The molecule has 1 aliphatic rings. The fourth-order valence-corrected chi connectivity index (χ4v) is 1.22. The minimum atomic E-state index is -3.62. The van der Waals surface area contributed by atoms with Gasteiger partial charge in [-0.25, -0.2) is 9.79 Å². The summed E-state index contributed by atoms with van der Waals surface area (Å²) in [5, 5.41) is 0. The molecule has 0 aliphatic carbocycles. The lowest BCUT2D eigenvalue weighted by atomic mass is 10.2. The average molecular weight is 213 g/mol. The first-order chi connectivity index (χ1) is 7.11. The number of benzene rings is 1. The van der Waals surface area contributed by atoms with E-state index in [1.54, 1.807) is 0 Å². The zero-order valence-corrected chi connectivity index (χ0v) is 7.37. The Balaban J connectivity index is 2.26. The number of alkyl halides is 2. The summed E-state index contributed by atoms with van der Waals surface area (Å²) in [6.45, 7) is 0.0751. The highest BCUT2D eigenvalue weighted by atomic mass is 19.3. The van der Waals surface area contributed by atoms with Gasteiger partial charge < -0.3 is 9.47 Å². The number of ether oxygens (including phenoxy) is 2. The molecule has 0 spiro atoms. The number of aliphatic imine (C=N–C) groups is 1. The Bertz CT molecular complexity index is 441. The van der Waals surface area contributed by atoms with Gasteiger partial charge in [-0.3, -0.25) is 0 Å². The van der Waals surface area contributed by atoms with Crippen LogP contribution in [0.2, 0.25) is 0 Å². The van der Waals surface area contributed by atoms with Crippen molar-refractivity contribution in [1.29, 1.82) is 0 Å². The molecule has 4 nitrogen and oxygen atoms in total. The summed E-state index contributed by atoms with van der Waals surface area (Å²) in [7, 11) is 0. The van der Waals surface area contributed by atoms with Crippen LogP contribution in [-0.4, -0.2) is 12.4 Å². The van der Waals surface area contributed by atoms with Crippen molar-refractivity contribution in [3.05, 3.63) is 23.8 Å². The first kappa shape index (κ1) is 9.61. The molecule has 15 heavy (non-hydrogen) atoms. The van der Waals surface area contributed by atoms with Gasteiger partial charge >= 0.3 is 6.29 Å². The van der Waals surface area contributed by atoms with Crippen LogP contribution in [0.5, 0.6) is 11.5 Å². The molecular weight excluding hydrogens is 208 g/mol. The molecule has 1 aromatic rings. The van der Waals surface area contributed by atoms with Gasteiger partial charge in [-0.1, -0.05) is 6.07 Å². The van der Waals surface area contributed by atoms with Crippen LogP contribution in [0.4, 0.5) is 8.78 Å². The maximum atomic E-state index is 12.6. The van der Waals surface area contributed by atoms with Crippen molar-refractivity contribution in [2.45, 2.75) is 12.8 Å². The van der Waals surface area contributed by atoms with Crippen molar-refractivity contribution in [3.63, 3.8) is 0 Å². The molecule has 6 heteroatoms. The number of hydrogen-bond donors (Lipinski definition) is 0. The molecule has 0 atom stereocenters. The van der Waals surface area contributed by atoms with Crippen molar-refractivity contribution in [2.24, 2.45) is 4.99 Å². The van der Waals surface area contributed by atoms with E-state index in [2.05, 4.69) is 14.5 Å².